The summed E-state index contributed by atoms with van der Waals surface area (Å²) >= 11 is 0. The van der Waals surface area contributed by atoms with Gasteiger partial charge in [-0.3, -0.25) is 4.79 Å². The number of nitrogens with zero attached hydrogens (tertiary/aromatic N) is 1. The average molecular weight is 416 g/mol. The van der Waals surface area contributed by atoms with E-state index in [1.165, 1.54) is 18.2 Å². The number of alkyl halides is 3. The molecule has 0 saturated heterocycles. The van der Waals surface area contributed by atoms with Crippen LogP contribution in [0.3, 0.4) is 0 Å². The first-order valence-corrected chi connectivity index (χ1v) is 9.47. The summed E-state index contributed by atoms with van der Waals surface area (Å²) in [6.07, 6.45) is -3.12. The fraction of sp³-hybridized carbons (Fsp3) is 0.381. The van der Waals surface area contributed by atoms with Crippen molar-refractivity contribution in [1.29, 1.82) is 0 Å². The van der Waals surface area contributed by atoms with Crippen LogP contribution in [0.5, 0.6) is 0 Å². The highest BCUT2D eigenvalue weighted by Gasteiger charge is 2.59. The summed E-state index contributed by atoms with van der Waals surface area (Å²) in [5, 5.41) is 4.42. The SMILES string of the molecule is Cc1nc(C)c(Cc2ccc3c(c2)NC(=O)N[C@]3(C#CC2CC2)C(F)(F)F)c(=O)[nH]1. The van der Waals surface area contributed by atoms with Gasteiger partial charge in [-0.2, -0.15) is 13.2 Å². The molecule has 2 heterocycles. The van der Waals surface area contributed by atoms with E-state index in [-0.39, 0.29) is 29.1 Å². The molecule has 2 amide bonds. The molecule has 0 unspecified atom stereocenters. The van der Waals surface area contributed by atoms with Crippen molar-refractivity contribution in [3.8, 4) is 11.8 Å². The number of nitrogens with one attached hydrogen (secondary N) is 3. The highest BCUT2D eigenvalue weighted by molar-refractivity contribution is 5.95. The zero-order valence-electron chi connectivity index (χ0n) is 16.3. The van der Waals surface area contributed by atoms with Crippen molar-refractivity contribution in [2.75, 3.05) is 5.32 Å². The number of aromatic amines is 1. The van der Waals surface area contributed by atoms with Gasteiger partial charge in [0.1, 0.15) is 5.82 Å². The Morgan fingerprint density at radius 1 is 1.23 bits per heavy atom. The van der Waals surface area contributed by atoms with Gasteiger partial charge in [0.15, 0.2) is 0 Å². The first-order chi connectivity index (χ1) is 14.1. The number of anilines is 1. The second-order valence-corrected chi connectivity index (χ2v) is 7.64. The fourth-order valence-electron chi connectivity index (χ4n) is 3.52. The summed E-state index contributed by atoms with van der Waals surface area (Å²) in [4.78, 5) is 31.2. The van der Waals surface area contributed by atoms with Crippen LogP contribution in [0, 0.1) is 31.6 Å². The van der Waals surface area contributed by atoms with Crippen molar-refractivity contribution >= 4 is 11.7 Å². The minimum atomic E-state index is -4.81. The van der Waals surface area contributed by atoms with Gasteiger partial charge in [-0.15, -0.1) is 0 Å². The third kappa shape index (κ3) is 3.54. The molecular formula is C21H19F3N4O2. The van der Waals surface area contributed by atoms with E-state index >= 15 is 0 Å². The summed E-state index contributed by atoms with van der Waals surface area (Å²) in [6, 6.07) is 3.28. The van der Waals surface area contributed by atoms with Crippen LogP contribution in [0.25, 0.3) is 0 Å². The van der Waals surface area contributed by atoms with Crippen molar-refractivity contribution in [2.24, 2.45) is 5.92 Å². The molecule has 1 fully saturated rings. The number of urea groups is 1. The van der Waals surface area contributed by atoms with Gasteiger partial charge in [-0.25, -0.2) is 9.78 Å². The van der Waals surface area contributed by atoms with Gasteiger partial charge in [0.2, 0.25) is 5.54 Å². The van der Waals surface area contributed by atoms with E-state index < -0.39 is 17.7 Å². The monoisotopic (exact) mass is 416 g/mol. The number of carbonyl (C=O) groups is 1. The summed E-state index contributed by atoms with van der Waals surface area (Å²) in [6.45, 7) is 3.36. The molecule has 9 heteroatoms. The van der Waals surface area contributed by atoms with Crippen molar-refractivity contribution in [3.63, 3.8) is 0 Å². The molecular weight excluding hydrogens is 397 g/mol. The number of aromatic nitrogens is 2. The lowest BCUT2D eigenvalue weighted by atomic mass is 9.85. The highest BCUT2D eigenvalue weighted by atomic mass is 19.4. The largest absolute Gasteiger partial charge is 0.427 e. The third-order valence-corrected chi connectivity index (χ3v) is 5.23. The van der Waals surface area contributed by atoms with E-state index in [2.05, 4.69) is 27.1 Å². The van der Waals surface area contributed by atoms with Crippen LogP contribution >= 0.6 is 0 Å². The maximum absolute atomic E-state index is 14.1. The Labute approximate surface area is 170 Å². The van der Waals surface area contributed by atoms with E-state index in [9.17, 15) is 22.8 Å². The lowest BCUT2D eigenvalue weighted by Crippen LogP contribution is -2.59. The molecule has 0 spiro atoms. The number of rotatable bonds is 2. The normalized spacial score (nSPS) is 20.5. The molecule has 3 N–H and O–H groups in total. The molecule has 1 atom stereocenters. The van der Waals surface area contributed by atoms with Crippen molar-refractivity contribution in [1.82, 2.24) is 15.3 Å². The van der Waals surface area contributed by atoms with E-state index in [1.54, 1.807) is 13.8 Å². The van der Waals surface area contributed by atoms with Crippen LogP contribution < -0.4 is 16.2 Å². The standard InChI is InChI=1S/C21H19F3N4O2/c1-11-15(18(29)26-12(2)25-11)9-14-5-6-16-17(10-14)27-19(30)28-20(16,21(22,23)24)8-7-13-3-4-13/h5-6,10,13H,3-4,9H2,1-2H3,(H,25,26,29)(H2,27,28,30)/t20-/m0/s1. The zero-order valence-corrected chi connectivity index (χ0v) is 16.3. The van der Waals surface area contributed by atoms with Crippen LogP contribution in [-0.4, -0.2) is 22.2 Å². The molecule has 156 valence electrons. The van der Waals surface area contributed by atoms with Gasteiger partial charge >= 0.3 is 12.2 Å². The highest BCUT2D eigenvalue weighted by Crippen LogP contribution is 2.44. The summed E-state index contributed by atoms with van der Waals surface area (Å²) in [7, 11) is 0. The first kappa shape index (κ1) is 20.0. The first-order valence-electron chi connectivity index (χ1n) is 9.47. The molecule has 1 aliphatic heterocycles. The number of fused-ring (bicyclic) bond motifs is 1. The van der Waals surface area contributed by atoms with E-state index in [1.807, 2.05) is 5.32 Å². The lowest BCUT2D eigenvalue weighted by Gasteiger charge is -2.37. The molecule has 1 aromatic heterocycles. The molecule has 2 aromatic rings. The number of carbonyl (C=O) groups excluding carboxylic acids is 1. The molecule has 0 bridgehead atoms. The van der Waals surface area contributed by atoms with Crippen LogP contribution in [0.2, 0.25) is 0 Å². The fourth-order valence-corrected chi connectivity index (χ4v) is 3.52. The number of hydrogen-bond donors (Lipinski definition) is 3. The van der Waals surface area contributed by atoms with E-state index in [4.69, 9.17) is 0 Å². The lowest BCUT2D eigenvalue weighted by molar-refractivity contribution is -0.178. The Balaban J connectivity index is 1.78. The van der Waals surface area contributed by atoms with Crippen LogP contribution in [-0.2, 0) is 12.0 Å². The predicted octanol–water partition coefficient (Wildman–Crippen LogP) is 3.28. The Morgan fingerprint density at radius 3 is 2.60 bits per heavy atom. The Kier molecular flexibility index (Phi) is 4.60. The number of aryl methyl sites for hydroxylation is 2. The van der Waals surface area contributed by atoms with Crippen LogP contribution in [0.4, 0.5) is 23.7 Å². The third-order valence-electron chi connectivity index (χ3n) is 5.23. The van der Waals surface area contributed by atoms with Gasteiger partial charge in [-0.05, 0) is 38.3 Å². The molecule has 1 aliphatic carbocycles. The molecule has 6 nitrogen and oxygen atoms in total. The maximum atomic E-state index is 14.1. The van der Waals surface area contributed by atoms with Gasteiger partial charge in [-0.1, -0.05) is 24.0 Å². The summed E-state index contributed by atoms with van der Waals surface area (Å²) < 4.78 is 42.3. The maximum Gasteiger partial charge on any atom is 0.427 e. The second-order valence-electron chi connectivity index (χ2n) is 7.64. The molecule has 4 rings (SSSR count). The van der Waals surface area contributed by atoms with Gasteiger partial charge in [0, 0.05) is 34.8 Å². The topological polar surface area (TPSA) is 86.9 Å². The minimum Gasteiger partial charge on any atom is -0.311 e. The number of amides is 2. The van der Waals surface area contributed by atoms with Gasteiger partial charge < -0.3 is 15.6 Å². The van der Waals surface area contributed by atoms with Crippen molar-refractivity contribution in [2.45, 2.75) is 44.8 Å². The predicted molar refractivity (Wildman–Crippen MR) is 104 cm³/mol. The smallest absolute Gasteiger partial charge is 0.311 e. The summed E-state index contributed by atoms with van der Waals surface area (Å²) in [5.41, 5.74) is -1.70. The average Bonchev–Trinajstić information content (AvgIpc) is 3.45. The van der Waals surface area contributed by atoms with Gasteiger partial charge in [0.25, 0.3) is 5.56 Å². The van der Waals surface area contributed by atoms with Crippen LogP contribution in [0.1, 0.15) is 41.1 Å². The van der Waals surface area contributed by atoms with E-state index in [0.717, 1.165) is 12.8 Å². The molecule has 0 radical (unpaired) electrons. The molecule has 1 saturated carbocycles. The summed E-state index contributed by atoms with van der Waals surface area (Å²) in [5.74, 6) is 5.36. The van der Waals surface area contributed by atoms with Gasteiger partial charge in [0.05, 0.1) is 0 Å². The Hall–Kier alpha value is -3.28. The number of hydrogen-bond acceptors (Lipinski definition) is 3. The van der Waals surface area contributed by atoms with E-state index in [0.29, 0.717) is 22.6 Å². The molecule has 2 aliphatic rings. The van der Waals surface area contributed by atoms with Crippen molar-refractivity contribution < 1.29 is 18.0 Å². The Bertz CT molecular complexity index is 1160. The van der Waals surface area contributed by atoms with Crippen molar-refractivity contribution in [3.05, 3.63) is 56.8 Å². The van der Waals surface area contributed by atoms with Crippen LogP contribution in [0.15, 0.2) is 23.0 Å². The quantitative estimate of drug-likeness (QED) is 0.657. The number of H-pyrrole nitrogens is 1. The Morgan fingerprint density at radius 2 is 1.97 bits per heavy atom. The number of halogens is 3. The second kappa shape index (κ2) is 6.90. The molecule has 30 heavy (non-hydrogen) atoms. The number of benzene rings is 1. The molecule has 1 aromatic carbocycles. The zero-order chi connectivity index (χ0) is 21.7. The minimum absolute atomic E-state index is 0.0211.